The molecular formula is C28H30BrClFN3O4. The van der Waals surface area contributed by atoms with Gasteiger partial charge in [0.1, 0.15) is 11.6 Å². The Labute approximate surface area is 234 Å². The van der Waals surface area contributed by atoms with E-state index in [4.69, 9.17) is 16.6 Å². The van der Waals surface area contributed by atoms with E-state index in [1.807, 2.05) is 25.1 Å². The second-order valence-corrected chi connectivity index (χ2v) is 11.1. The summed E-state index contributed by atoms with van der Waals surface area (Å²) >= 11 is 9.82. The van der Waals surface area contributed by atoms with Gasteiger partial charge < -0.3 is 20.4 Å². The van der Waals surface area contributed by atoms with Crippen molar-refractivity contribution in [2.24, 2.45) is 5.92 Å². The average molecular weight is 607 g/mol. The minimum Gasteiger partial charge on any atom is -0.481 e. The largest absolute Gasteiger partial charge is 0.481 e. The fourth-order valence-electron chi connectivity index (χ4n) is 5.12. The van der Waals surface area contributed by atoms with Crippen molar-refractivity contribution in [3.8, 4) is 0 Å². The molecule has 202 valence electrons. The molecule has 0 bridgehead atoms. The molecule has 1 saturated heterocycles. The number of hydrogen-bond donors (Lipinski definition) is 3. The maximum Gasteiger partial charge on any atom is 0.303 e. The molecule has 0 spiro atoms. The number of aliphatic hydroxyl groups is 1. The normalized spacial score (nSPS) is 16.4. The highest BCUT2D eigenvalue weighted by atomic mass is 79.9. The molecule has 4 rings (SSSR count). The number of pyridine rings is 1. The molecule has 2 atom stereocenters. The van der Waals surface area contributed by atoms with Crippen molar-refractivity contribution in [1.82, 2.24) is 10.3 Å². The van der Waals surface area contributed by atoms with Crippen LogP contribution in [0.4, 0.5) is 10.2 Å². The summed E-state index contributed by atoms with van der Waals surface area (Å²) in [6.45, 7) is 3.49. The minimum atomic E-state index is -0.984. The topological polar surface area (TPSA) is 103 Å². The molecule has 1 aliphatic heterocycles. The zero-order chi connectivity index (χ0) is 27.4. The van der Waals surface area contributed by atoms with Gasteiger partial charge in [0.15, 0.2) is 0 Å². The number of halogens is 3. The maximum absolute atomic E-state index is 14.0. The van der Waals surface area contributed by atoms with Crippen LogP contribution < -0.4 is 10.2 Å². The molecule has 2 unspecified atom stereocenters. The van der Waals surface area contributed by atoms with Gasteiger partial charge in [-0.1, -0.05) is 27.5 Å². The quantitative estimate of drug-likeness (QED) is 0.289. The summed E-state index contributed by atoms with van der Waals surface area (Å²) in [4.78, 5) is 32.0. The predicted octanol–water partition coefficient (Wildman–Crippen LogP) is 5.69. The van der Waals surface area contributed by atoms with Crippen molar-refractivity contribution >= 4 is 56.1 Å². The minimum absolute atomic E-state index is 0.0815. The zero-order valence-electron chi connectivity index (χ0n) is 21.0. The van der Waals surface area contributed by atoms with Gasteiger partial charge in [-0.25, -0.2) is 9.37 Å². The van der Waals surface area contributed by atoms with Gasteiger partial charge >= 0.3 is 5.97 Å². The number of benzene rings is 2. The van der Waals surface area contributed by atoms with Gasteiger partial charge in [-0.3, -0.25) is 9.59 Å². The summed E-state index contributed by atoms with van der Waals surface area (Å²) < 4.78 is 14.8. The third-order valence-corrected chi connectivity index (χ3v) is 7.92. The molecule has 0 saturated carbocycles. The van der Waals surface area contributed by atoms with Crippen LogP contribution >= 0.6 is 27.5 Å². The molecule has 7 nitrogen and oxygen atoms in total. The van der Waals surface area contributed by atoms with E-state index in [-0.39, 0.29) is 37.8 Å². The number of piperidine rings is 1. The molecular weight excluding hydrogens is 577 g/mol. The Hall–Kier alpha value is -2.75. The van der Waals surface area contributed by atoms with Crippen molar-refractivity contribution in [3.05, 3.63) is 68.4 Å². The Balaban J connectivity index is 1.68. The maximum atomic E-state index is 14.0. The summed E-state index contributed by atoms with van der Waals surface area (Å²) in [6.07, 6.45) is 1.90. The molecule has 1 aliphatic rings. The second-order valence-electron chi connectivity index (χ2n) is 9.74. The third kappa shape index (κ3) is 6.45. The lowest BCUT2D eigenvalue weighted by atomic mass is 9.93. The number of amides is 1. The van der Waals surface area contributed by atoms with Gasteiger partial charge in [0.2, 0.25) is 0 Å². The Morgan fingerprint density at radius 3 is 2.82 bits per heavy atom. The van der Waals surface area contributed by atoms with Crippen LogP contribution in [0.5, 0.6) is 0 Å². The molecule has 10 heteroatoms. The highest BCUT2D eigenvalue weighted by Gasteiger charge is 2.26. The number of nitrogens with zero attached hydrogens (tertiary/aromatic N) is 2. The number of anilines is 1. The van der Waals surface area contributed by atoms with Gasteiger partial charge in [-0.05, 0) is 74.1 Å². The molecule has 2 aromatic carbocycles. The van der Waals surface area contributed by atoms with Crippen molar-refractivity contribution in [3.63, 3.8) is 0 Å². The summed E-state index contributed by atoms with van der Waals surface area (Å²) in [5.74, 6) is -1.44. The lowest BCUT2D eigenvalue weighted by Gasteiger charge is -2.34. The Bertz CT molecular complexity index is 1360. The van der Waals surface area contributed by atoms with E-state index in [0.29, 0.717) is 39.4 Å². The number of nitrogens with one attached hydrogen (secondary N) is 1. The van der Waals surface area contributed by atoms with Crippen molar-refractivity contribution in [1.29, 1.82) is 0 Å². The van der Waals surface area contributed by atoms with E-state index in [1.165, 1.54) is 18.2 Å². The van der Waals surface area contributed by atoms with Crippen LogP contribution in [0.1, 0.15) is 53.1 Å². The van der Waals surface area contributed by atoms with Crippen molar-refractivity contribution < 1.29 is 24.2 Å². The summed E-state index contributed by atoms with van der Waals surface area (Å²) in [5, 5.41) is 22.9. The highest BCUT2D eigenvalue weighted by Crippen LogP contribution is 2.33. The Morgan fingerprint density at radius 2 is 2.08 bits per heavy atom. The standard InChI is InChI=1S/C28H30BrClFN3O4/c1-16-26(28(38)32-13-18(4-9-25(36)37)21-12-20(31)6-7-23(21)30)22-11-19(29)5-8-24(22)33-27(16)34-10-2-3-17(14-34)15-35/h5-8,11-12,17-18,35H,2-4,9-10,13-15H2,1H3,(H,32,38)(H,36,37). The number of aliphatic carboxylic acids is 1. The van der Waals surface area contributed by atoms with Crippen molar-refractivity contribution in [2.75, 3.05) is 31.1 Å². The van der Waals surface area contributed by atoms with E-state index >= 15 is 0 Å². The molecule has 1 aromatic heterocycles. The Kier molecular flexibility index (Phi) is 9.23. The number of rotatable bonds is 9. The number of aromatic nitrogens is 1. The lowest BCUT2D eigenvalue weighted by Crippen LogP contribution is -2.38. The fraction of sp³-hybridized carbons (Fsp3) is 0.393. The Morgan fingerprint density at radius 1 is 1.29 bits per heavy atom. The van der Waals surface area contributed by atoms with Gasteiger partial charge in [0.25, 0.3) is 5.91 Å². The molecule has 38 heavy (non-hydrogen) atoms. The lowest BCUT2D eigenvalue weighted by molar-refractivity contribution is -0.137. The van der Waals surface area contributed by atoms with Crippen LogP contribution in [-0.4, -0.2) is 53.3 Å². The summed E-state index contributed by atoms with van der Waals surface area (Å²) in [7, 11) is 0. The summed E-state index contributed by atoms with van der Waals surface area (Å²) in [6, 6.07) is 9.55. The van der Waals surface area contributed by atoms with Crippen LogP contribution in [0.2, 0.25) is 5.02 Å². The van der Waals surface area contributed by atoms with Crippen LogP contribution in [0.15, 0.2) is 40.9 Å². The van der Waals surface area contributed by atoms with E-state index in [9.17, 15) is 24.2 Å². The molecule has 1 fully saturated rings. The first-order valence-electron chi connectivity index (χ1n) is 12.6. The smallest absolute Gasteiger partial charge is 0.303 e. The van der Waals surface area contributed by atoms with E-state index < -0.39 is 17.7 Å². The molecule has 0 aliphatic carbocycles. The van der Waals surface area contributed by atoms with E-state index in [2.05, 4.69) is 26.1 Å². The van der Waals surface area contributed by atoms with Gasteiger partial charge in [-0.15, -0.1) is 0 Å². The molecule has 3 aromatic rings. The van der Waals surface area contributed by atoms with E-state index in [0.717, 1.165) is 29.4 Å². The predicted molar refractivity (Wildman–Crippen MR) is 150 cm³/mol. The number of fused-ring (bicyclic) bond motifs is 1. The van der Waals surface area contributed by atoms with Crippen LogP contribution in [-0.2, 0) is 4.79 Å². The molecule has 3 N–H and O–H groups in total. The number of aliphatic hydroxyl groups excluding tert-OH is 1. The number of carboxylic acids is 1. The van der Waals surface area contributed by atoms with E-state index in [1.54, 1.807) is 0 Å². The van der Waals surface area contributed by atoms with Gasteiger partial charge in [-0.2, -0.15) is 0 Å². The van der Waals surface area contributed by atoms with Gasteiger partial charge in [0.05, 0.1) is 11.1 Å². The average Bonchev–Trinajstić information content (AvgIpc) is 2.89. The van der Waals surface area contributed by atoms with Crippen LogP contribution in [0, 0.1) is 18.7 Å². The fourth-order valence-corrected chi connectivity index (χ4v) is 5.75. The first kappa shape index (κ1) is 28.3. The first-order valence-corrected chi connectivity index (χ1v) is 13.8. The number of hydrogen-bond acceptors (Lipinski definition) is 5. The molecule has 2 heterocycles. The number of carbonyl (C=O) groups excluding carboxylic acids is 1. The highest BCUT2D eigenvalue weighted by molar-refractivity contribution is 9.10. The molecule has 1 amide bonds. The number of carbonyl (C=O) groups is 2. The van der Waals surface area contributed by atoms with Crippen LogP contribution in [0.3, 0.4) is 0 Å². The van der Waals surface area contributed by atoms with Crippen molar-refractivity contribution in [2.45, 2.75) is 38.5 Å². The second kappa shape index (κ2) is 12.4. The third-order valence-electron chi connectivity index (χ3n) is 7.08. The number of carboxylic acid groups (broad SMARTS) is 1. The van der Waals surface area contributed by atoms with Gasteiger partial charge in [0, 0.05) is 59.0 Å². The van der Waals surface area contributed by atoms with Crippen LogP contribution in [0.25, 0.3) is 10.9 Å². The SMILES string of the molecule is Cc1c(N2CCCC(CO)C2)nc2ccc(Br)cc2c1C(=O)NCC(CCC(=O)O)c1cc(F)ccc1Cl. The molecule has 0 radical (unpaired) electrons. The summed E-state index contributed by atoms with van der Waals surface area (Å²) in [5.41, 5.74) is 2.31. The zero-order valence-corrected chi connectivity index (χ0v) is 23.4. The monoisotopic (exact) mass is 605 g/mol. The first-order chi connectivity index (χ1) is 18.2.